The molecule has 0 bridgehead atoms. The van der Waals surface area contributed by atoms with Crippen molar-refractivity contribution in [2.75, 3.05) is 31.1 Å². The number of carbonyl (C=O) groups excluding carboxylic acids is 1. The molecule has 1 amide bonds. The highest BCUT2D eigenvalue weighted by Gasteiger charge is 2.37. The lowest BCUT2D eigenvalue weighted by Gasteiger charge is -2.35. The van der Waals surface area contributed by atoms with Crippen molar-refractivity contribution in [1.29, 1.82) is 0 Å². The van der Waals surface area contributed by atoms with Gasteiger partial charge in [0.2, 0.25) is 16.0 Å². The largest absolute Gasteiger partial charge is 0.445 e. The summed E-state index contributed by atoms with van der Waals surface area (Å²) >= 11 is 0.567. The molecule has 3 heterocycles. The molecular formula is C14H19F3N4OS. The Morgan fingerprint density at radius 1 is 1.04 bits per heavy atom. The Morgan fingerprint density at radius 3 is 2.26 bits per heavy atom. The lowest BCUT2D eigenvalue weighted by molar-refractivity contribution is -0.138. The number of nitrogens with zero attached hydrogens (tertiary/aromatic N) is 4. The molecule has 128 valence electrons. The van der Waals surface area contributed by atoms with Crippen molar-refractivity contribution in [2.24, 2.45) is 5.92 Å². The van der Waals surface area contributed by atoms with Crippen LogP contribution in [-0.2, 0) is 11.0 Å². The number of halogens is 3. The van der Waals surface area contributed by atoms with Crippen LogP contribution in [0.2, 0.25) is 0 Å². The lowest BCUT2D eigenvalue weighted by Crippen LogP contribution is -2.44. The van der Waals surface area contributed by atoms with Gasteiger partial charge >= 0.3 is 6.18 Å². The summed E-state index contributed by atoms with van der Waals surface area (Å²) in [6.07, 6.45) is 0.191. The molecule has 2 saturated heterocycles. The second kappa shape index (κ2) is 6.62. The number of aromatic nitrogens is 2. The molecule has 3 rings (SSSR count). The van der Waals surface area contributed by atoms with E-state index in [0.717, 1.165) is 25.9 Å². The molecule has 9 heteroatoms. The molecule has 0 radical (unpaired) electrons. The van der Waals surface area contributed by atoms with Crippen LogP contribution < -0.4 is 4.90 Å². The number of carbonyl (C=O) groups is 1. The molecule has 2 fully saturated rings. The molecular weight excluding hydrogens is 329 g/mol. The lowest BCUT2D eigenvalue weighted by atomic mass is 9.94. The third kappa shape index (κ3) is 3.76. The predicted octanol–water partition coefficient (Wildman–Crippen LogP) is 2.79. The van der Waals surface area contributed by atoms with Crippen LogP contribution in [0.3, 0.4) is 0 Å². The van der Waals surface area contributed by atoms with Crippen molar-refractivity contribution in [3.05, 3.63) is 5.01 Å². The zero-order valence-corrected chi connectivity index (χ0v) is 13.5. The molecule has 0 spiro atoms. The Morgan fingerprint density at radius 2 is 1.70 bits per heavy atom. The number of rotatable bonds is 2. The van der Waals surface area contributed by atoms with Crippen LogP contribution in [0.1, 0.15) is 37.1 Å². The van der Waals surface area contributed by atoms with Crippen molar-refractivity contribution in [1.82, 2.24) is 15.1 Å². The highest BCUT2D eigenvalue weighted by atomic mass is 32.1. The molecule has 0 N–H and O–H groups in total. The summed E-state index contributed by atoms with van der Waals surface area (Å²) < 4.78 is 37.7. The SMILES string of the molecule is O=C(C1CCN(c2nnc(C(F)(F)F)s2)CC1)N1CCCCC1. The van der Waals surface area contributed by atoms with Crippen LogP contribution in [0.4, 0.5) is 18.3 Å². The molecule has 0 saturated carbocycles. The summed E-state index contributed by atoms with van der Waals surface area (Å²) in [5, 5.41) is 6.24. The van der Waals surface area contributed by atoms with Crippen LogP contribution in [-0.4, -0.2) is 47.2 Å². The summed E-state index contributed by atoms with van der Waals surface area (Å²) in [6.45, 7) is 2.78. The average Bonchev–Trinajstić information content (AvgIpc) is 3.05. The average molecular weight is 348 g/mol. The Labute approximate surface area is 136 Å². The molecule has 0 unspecified atom stereocenters. The number of likely N-dealkylation sites (tertiary alicyclic amines) is 1. The Hall–Kier alpha value is -1.38. The fourth-order valence-electron chi connectivity index (χ4n) is 3.15. The first-order valence-electron chi connectivity index (χ1n) is 7.89. The summed E-state index contributed by atoms with van der Waals surface area (Å²) in [5.41, 5.74) is 0. The maximum Gasteiger partial charge on any atom is 0.445 e. The highest BCUT2D eigenvalue weighted by Crippen LogP contribution is 2.35. The zero-order valence-electron chi connectivity index (χ0n) is 12.7. The zero-order chi connectivity index (χ0) is 16.4. The minimum atomic E-state index is -4.45. The van der Waals surface area contributed by atoms with Gasteiger partial charge in [0, 0.05) is 32.1 Å². The molecule has 5 nitrogen and oxygen atoms in total. The standard InChI is InChI=1S/C14H19F3N4OS/c15-14(16,17)12-18-19-13(23-12)21-8-4-10(5-9-21)11(22)20-6-2-1-3-7-20/h10H,1-9H2. The summed E-state index contributed by atoms with van der Waals surface area (Å²) in [6, 6.07) is 0. The fourth-order valence-corrected chi connectivity index (χ4v) is 3.91. The second-order valence-electron chi connectivity index (χ2n) is 6.03. The Bertz CT molecular complexity index is 548. The van der Waals surface area contributed by atoms with Gasteiger partial charge in [-0.15, -0.1) is 10.2 Å². The fraction of sp³-hybridized carbons (Fsp3) is 0.786. The van der Waals surface area contributed by atoms with E-state index in [9.17, 15) is 18.0 Å². The Kier molecular flexibility index (Phi) is 4.74. The second-order valence-corrected chi connectivity index (χ2v) is 6.99. The molecule has 0 aromatic carbocycles. The van der Waals surface area contributed by atoms with E-state index in [4.69, 9.17) is 0 Å². The van der Waals surface area contributed by atoms with E-state index in [2.05, 4.69) is 10.2 Å². The third-order valence-electron chi connectivity index (χ3n) is 4.44. The number of alkyl halides is 3. The first kappa shape index (κ1) is 16.5. The van der Waals surface area contributed by atoms with Gasteiger partial charge in [-0.2, -0.15) is 13.2 Å². The van der Waals surface area contributed by atoms with Crippen molar-refractivity contribution in [3.63, 3.8) is 0 Å². The summed E-state index contributed by atoms with van der Waals surface area (Å²) in [7, 11) is 0. The molecule has 0 atom stereocenters. The van der Waals surface area contributed by atoms with Gasteiger partial charge in [-0.3, -0.25) is 4.79 Å². The molecule has 1 aromatic heterocycles. The molecule has 0 aliphatic carbocycles. The quantitative estimate of drug-likeness (QED) is 0.825. The van der Waals surface area contributed by atoms with E-state index < -0.39 is 11.2 Å². The van der Waals surface area contributed by atoms with Gasteiger partial charge in [0.25, 0.3) is 0 Å². The van der Waals surface area contributed by atoms with Gasteiger partial charge in [0.1, 0.15) is 0 Å². The van der Waals surface area contributed by atoms with Crippen LogP contribution in [0, 0.1) is 5.92 Å². The van der Waals surface area contributed by atoms with Crippen LogP contribution in [0.15, 0.2) is 0 Å². The minimum absolute atomic E-state index is 0.0145. The number of hydrogen-bond acceptors (Lipinski definition) is 5. The van der Waals surface area contributed by atoms with E-state index in [1.807, 2.05) is 4.90 Å². The molecule has 2 aliphatic rings. The van der Waals surface area contributed by atoms with Gasteiger partial charge in [0.05, 0.1) is 0 Å². The van der Waals surface area contributed by atoms with E-state index in [0.29, 0.717) is 42.4 Å². The maximum atomic E-state index is 12.6. The van der Waals surface area contributed by atoms with Gasteiger partial charge in [-0.1, -0.05) is 11.3 Å². The minimum Gasteiger partial charge on any atom is -0.347 e. The molecule has 1 aromatic rings. The van der Waals surface area contributed by atoms with Crippen molar-refractivity contribution in [2.45, 2.75) is 38.3 Å². The normalized spacial score (nSPS) is 20.8. The van der Waals surface area contributed by atoms with Gasteiger partial charge < -0.3 is 9.80 Å². The molecule has 23 heavy (non-hydrogen) atoms. The smallest absolute Gasteiger partial charge is 0.347 e. The topological polar surface area (TPSA) is 49.3 Å². The summed E-state index contributed by atoms with van der Waals surface area (Å²) in [4.78, 5) is 16.2. The van der Waals surface area contributed by atoms with Gasteiger partial charge in [-0.25, -0.2) is 0 Å². The highest BCUT2D eigenvalue weighted by molar-refractivity contribution is 7.15. The van der Waals surface area contributed by atoms with Crippen molar-refractivity contribution < 1.29 is 18.0 Å². The maximum absolute atomic E-state index is 12.6. The number of piperidine rings is 2. The van der Waals surface area contributed by atoms with E-state index >= 15 is 0 Å². The first-order chi connectivity index (χ1) is 10.9. The summed E-state index contributed by atoms with van der Waals surface area (Å²) in [5.74, 6) is 0.192. The Balaban J connectivity index is 1.55. The van der Waals surface area contributed by atoms with Gasteiger partial charge in [0.15, 0.2) is 0 Å². The van der Waals surface area contributed by atoms with E-state index in [1.165, 1.54) is 6.42 Å². The first-order valence-corrected chi connectivity index (χ1v) is 8.71. The van der Waals surface area contributed by atoms with Crippen molar-refractivity contribution in [3.8, 4) is 0 Å². The van der Waals surface area contributed by atoms with E-state index in [-0.39, 0.29) is 11.8 Å². The predicted molar refractivity (Wildman–Crippen MR) is 80.3 cm³/mol. The van der Waals surface area contributed by atoms with Gasteiger partial charge in [-0.05, 0) is 32.1 Å². The molecule has 2 aliphatic heterocycles. The number of anilines is 1. The third-order valence-corrected chi connectivity index (χ3v) is 5.47. The number of amides is 1. The van der Waals surface area contributed by atoms with Crippen LogP contribution >= 0.6 is 11.3 Å². The number of hydrogen-bond donors (Lipinski definition) is 0. The monoisotopic (exact) mass is 348 g/mol. The van der Waals surface area contributed by atoms with E-state index in [1.54, 1.807) is 4.90 Å². The van der Waals surface area contributed by atoms with Crippen LogP contribution in [0.5, 0.6) is 0 Å². The van der Waals surface area contributed by atoms with Crippen molar-refractivity contribution >= 4 is 22.4 Å². The van der Waals surface area contributed by atoms with Crippen LogP contribution in [0.25, 0.3) is 0 Å².